The van der Waals surface area contributed by atoms with Gasteiger partial charge in [0.2, 0.25) is 0 Å². The average molecular weight is 264 g/mol. The molecule has 2 heterocycles. The van der Waals surface area contributed by atoms with E-state index < -0.39 is 0 Å². The number of anilines is 1. The summed E-state index contributed by atoms with van der Waals surface area (Å²) in [6.45, 7) is 5.20. The molecule has 0 fully saturated rings. The number of aromatic nitrogens is 1. The van der Waals surface area contributed by atoms with Crippen LogP contribution in [0.2, 0.25) is 0 Å². The Kier molecular flexibility index (Phi) is 5.13. The zero-order valence-corrected chi connectivity index (χ0v) is 12.0. The molecule has 0 saturated heterocycles. The van der Waals surface area contributed by atoms with Gasteiger partial charge in [-0.05, 0) is 32.1 Å². The highest BCUT2D eigenvalue weighted by Crippen LogP contribution is 2.21. The maximum Gasteiger partial charge on any atom is 0.0597 e. The summed E-state index contributed by atoms with van der Waals surface area (Å²) in [4.78, 5) is 6.37. The van der Waals surface area contributed by atoms with Crippen molar-refractivity contribution in [2.24, 2.45) is 0 Å². The van der Waals surface area contributed by atoms with Gasteiger partial charge < -0.3 is 4.90 Å². The molecule has 3 rings (SSSR count). The Balaban J connectivity index is 0.000000205. The minimum absolute atomic E-state index is 0.944. The second-order valence-electron chi connectivity index (χ2n) is 4.71. The molecule has 0 amide bonds. The summed E-state index contributed by atoms with van der Waals surface area (Å²) in [5.41, 5.74) is 3.77. The highest BCUT2D eigenvalue weighted by atomic mass is 15.1. The third-order valence-electron chi connectivity index (χ3n) is 3.08. The Morgan fingerprint density at radius 1 is 0.950 bits per heavy atom. The first kappa shape index (κ1) is 14.1. The van der Waals surface area contributed by atoms with E-state index in [9.17, 15) is 0 Å². The first-order chi connectivity index (χ1) is 9.77. The standard InChI is InChI=1S/C12H14N2.C6H6/c1-10-5-7-14(11(2)8-10)12-4-3-6-13-9-12;1-2-4-6-5-3-1/h3-6,8-9H,7H2,1-2H3;1-6H. The number of nitrogens with zero attached hydrogens (tertiary/aromatic N) is 2. The predicted octanol–water partition coefficient (Wildman–Crippen LogP) is 4.44. The number of benzene rings is 1. The van der Waals surface area contributed by atoms with Crippen molar-refractivity contribution in [1.29, 1.82) is 0 Å². The SMILES string of the molecule is CC1=CCN(c2cccnc2)C(C)=C1.c1ccccc1. The van der Waals surface area contributed by atoms with Crippen molar-refractivity contribution in [3.8, 4) is 0 Å². The summed E-state index contributed by atoms with van der Waals surface area (Å²) in [5.74, 6) is 0. The van der Waals surface area contributed by atoms with Gasteiger partial charge in [-0.25, -0.2) is 0 Å². The molecule has 1 aromatic heterocycles. The van der Waals surface area contributed by atoms with E-state index in [2.05, 4.69) is 41.9 Å². The number of pyridine rings is 1. The van der Waals surface area contributed by atoms with Crippen LogP contribution in [0.4, 0.5) is 5.69 Å². The van der Waals surface area contributed by atoms with Gasteiger partial charge in [0.05, 0.1) is 11.9 Å². The summed E-state index contributed by atoms with van der Waals surface area (Å²) in [7, 11) is 0. The van der Waals surface area contributed by atoms with Crippen molar-refractivity contribution < 1.29 is 0 Å². The molecule has 102 valence electrons. The zero-order valence-electron chi connectivity index (χ0n) is 12.0. The van der Waals surface area contributed by atoms with E-state index in [1.807, 2.05) is 48.7 Å². The molecule has 0 aliphatic carbocycles. The van der Waals surface area contributed by atoms with Gasteiger partial charge in [-0.2, -0.15) is 0 Å². The lowest BCUT2D eigenvalue weighted by atomic mass is 10.1. The van der Waals surface area contributed by atoms with E-state index in [4.69, 9.17) is 0 Å². The maximum atomic E-state index is 4.12. The minimum atomic E-state index is 0.944. The van der Waals surface area contributed by atoms with Gasteiger partial charge in [0.25, 0.3) is 0 Å². The summed E-state index contributed by atoms with van der Waals surface area (Å²) in [6, 6.07) is 16.0. The van der Waals surface area contributed by atoms with Gasteiger partial charge in [-0.3, -0.25) is 4.98 Å². The third kappa shape index (κ3) is 4.09. The van der Waals surface area contributed by atoms with E-state index in [-0.39, 0.29) is 0 Å². The van der Waals surface area contributed by atoms with Crippen molar-refractivity contribution in [2.75, 3.05) is 11.4 Å². The van der Waals surface area contributed by atoms with Gasteiger partial charge in [-0.15, -0.1) is 0 Å². The van der Waals surface area contributed by atoms with Gasteiger partial charge in [0, 0.05) is 18.4 Å². The molecular formula is C18H20N2. The van der Waals surface area contributed by atoms with E-state index >= 15 is 0 Å². The van der Waals surface area contributed by atoms with Crippen LogP contribution in [0.15, 0.2) is 84.3 Å². The topological polar surface area (TPSA) is 16.1 Å². The van der Waals surface area contributed by atoms with Crippen LogP contribution in [0.3, 0.4) is 0 Å². The predicted molar refractivity (Wildman–Crippen MR) is 85.5 cm³/mol. The molecule has 2 heteroatoms. The van der Waals surface area contributed by atoms with Crippen molar-refractivity contribution in [2.45, 2.75) is 13.8 Å². The summed E-state index contributed by atoms with van der Waals surface area (Å²) < 4.78 is 0. The van der Waals surface area contributed by atoms with Crippen molar-refractivity contribution in [1.82, 2.24) is 4.98 Å². The molecule has 0 saturated carbocycles. The zero-order chi connectivity index (χ0) is 14.2. The lowest BCUT2D eigenvalue weighted by molar-refractivity contribution is 0.971. The summed E-state index contributed by atoms with van der Waals surface area (Å²) in [6.07, 6.45) is 8.11. The number of allylic oxidation sites excluding steroid dienone is 3. The molecule has 0 unspecified atom stereocenters. The van der Waals surface area contributed by atoms with E-state index in [0.29, 0.717) is 0 Å². The molecule has 0 atom stereocenters. The number of rotatable bonds is 1. The van der Waals surface area contributed by atoms with E-state index in [1.165, 1.54) is 11.3 Å². The van der Waals surface area contributed by atoms with Crippen LogP contribution in [0.1, 0.15) is 13.8 Å². The van der Waals surface area contributed by atoms with Gasteiger partial charge in [0.1, 0.15) is 0 Å². The Morgan fingerprint density at radius 3 is 2.10 bits per heavy atom. The normalized spacial score (nSPS) is 13.8. The molecule has 20 heavy (non-hydrogen) atoms. The summed E-state index contributed by atoms with van der Waals surface area (Å²) in [5, 5.41) is 0. The quantitative estimate of drug-likeness (QED) is 0.757. The third-order valence-corrected chi connectivity index (χ3v) is 3.08. The molecule has 1 aliphatic heterocycles. The molecule has 0 N–H and O–H groups in total. The molecular weight excluding hydrogens is 244 g/mol. The van der Waals surface area contributed by atoms with Crippen molar-refractivity contribution >= 4 is 5.69 Å². The van der Waals surface area contributed by atoms with Crippen LogP contribution in [-0.2, 0) is 0 Å². The van der Waals surface area contributed by atoms with Gasteiger partial charge in [0.15, 0.2) is 0 Å². The van der Waals surface area contributed by atoms with E-state index in [0.717, 1.165) is 12.2 Å². The van der Waals surface area contributed by atoms with Crippen LogP contribution in [0.25, 0.3) is 0 Å². The highest BCUT2D eigenvalue weighted by molar-refractivity contribution is 5.53. The van der Waals surface area contributed by atoms with Gasteiger partial charge >= 0.3 is 0 Å². The molecule has 0 spiro atoms. The van der Waals surface area contributed by atoms with Crippen LogP contribution in [0.5, 0.6) is 0 Å². The lowest BCUT2D eigenvalue weighted by Gasteiger charge is -2.26. The monoisotopic (exact) mass is 264 g/mol. The second kappa shape index (κ2) is 7.29. The summed E-state index contributed by atoms with van der Waals surface area (Å²) >= 11 is 0. The van der Waals surface area contributed by atoms with Crippen LogP contribution in [0, 0.1) is 0 Å². The Bertz CT molecular complexity index is 544. The highest BCUT2D eigenvalue weighted by Gasteiger charge is 2.10. The Hall–Kier alpha value is -2.35. The van der Waals surface area contributed by atoms with Crippen LogP contribution < -0.4 is 4.90 Å². The van der Waals surface area contributed by atoms with Crippen LogP contribution in [-0.4, -0.2) is 11.5 Å². The average Bonchev–Trinajstić information content (AvgIpc) is 2.50. The fraction of sp³-hybridized carbons (Fsp3) is 0.167. The minimum Gasteiger partial charge on any atom is -0.340 e. The first-order valence-electron chi connectivity index (χ1n) is 6.80. The molecule has 1 aromatic carbocycles. The molecule has 1 aliphatic rings. The smallest absolute Gasteiger partial charge is 0.0597 e. The Labute approximate surface area is 121 Å². The Morgan fingerprint density at radius 2 is 1.60 bits per heavy atom. The lowest BCUT2D eigenvalue weighted by Crippen LogP contribution is -2.23. The first-order valence-corrected chi connectivity index (χ1v) is 6.80. The molecule has 2 nitrogen and oxygen atoms in total. The second-order valence-corrected chi connectivity index (χ2v) is 4.71. The van der Waals surface area contributed by atoms with Crippen molar-refractivity contribution in [3.05, 3.63) is 84.3 Å². The number of hydrogen-bond acceptors (Lipinski definition) is 2. The van der Waals surface area contributed by atoms with Crippen LogP contribution >= 0.6 is 0 Å². The van der Waals surface area contributed by atoms with Gasteiger partial charge in [-0.1, -0.05) is 48.0 Å². The van der Waals surface area contributed by atoms with E-state index in [1.54, 1.807) is 6.20 Å². The number of hydrogen-bond donors (Lipinski definition) is 0. The maximum absolute atomic E-state index is 4.12. The fourth-order valence-electron chi connectivity index (χ4n) is 2.05. The molecule has 0 radical (unpaired) electrons. The molecule has 2 aromatic rings. The van der Waals surface area contributed by atoms with Crippen molar-refractivity contribution in [3.63, 3.8) is 0 Å². The fourth-order valence-corrected chi connectivity index (χ4v) is 2.05. The largest absolute Gasteiger partial charge is 0.340 e. The molecule has 0 bridgehead atoms.